The quantitative estimate of drug-likeness (QED) is 0.908. The largest absolute Gasteiger partial charge is 0.418 e. The molecule has 0 radical (unpaired) electrons. The maximum Gasteiger partial charge on any atom is 0.418 e. The molecule has 0 spiro atoms. The molecule has 0 saturated carbocycles. The Hall–Kier alpha value is -1.98. The van der Waals surface area contributed by atoms with Crippen LogP contribution in [0.1, 0.15) is 36.6 Å². The lowest BCUT2D eigenvalue weighted by molar-refractivity contribution is -0.137. The van der Waals surface area contributed by atoms with Crippen molar-refractivity contribution >= 4 is 5.82 Å². The molecule has 2 heterocycles. The summed E-state index contributed by atoms with van der Waals surface area (Å²) >= 11 is 0. The third-order valence-electron chi connectivity index (χ3n) is 3.67. The first kappa shape index (κ1) is 14.0. The first-order chi connectivity index (χ1) is 9.89. The van der Waals surface area contributed by atoms with E-state index in [4.69, 9.17) is 0 Å². The zero-order valence-corrected chi connectivity index (χ0v) is 11.8. The van der Waals surface area contributed by atoms with Crippen molar-refractivity contribution in [1.29, 1.82) is 0 Å². The van der Waals surface area contributed by atoms with E-state index in [1.54, 1.807) is 6.07 Å². The maximum atomic E-state index is 13.2. The fourth-order valence-corrected chi connectivity index (χ4v) is 2.74. The molecule has 0 amide bonds. The van der Waals surface area contributed by atoms with E-state index in [9.17, 15) is 13.2 Å². The minimum absolute atomic E-state index is 0.0718. The highest BCUT2D eigenvalue weighted by Gasteiger charge is 2.35. The van der Waals surface area contributed by atoms with Crippen LogP contribution in [0.4, 0.5) is 19.0 Å². The van der Waals surface area contributed by atoms with Crippen molar-refractivity contribution in [2.75, 3.05) is 11.9 Å². The number of nitrogens with zero attached hydrogens (tertiary/aromatic N) is 2. The van der Waals surface area contributed by atoms with Gasteiger partial charge in [0.2, 0.25) is 0 Å². The summed E-state index contributed by atoms with van der Waals surface area (Å²) in [6.07, 6.45) is -3.59. The first-order valence-electron chi connectivity index (χ1n) is 6.92. The Kier molecular flexibility index (Phi) is 3.19. The van der Waals surface area contributed by atoms with Gasteiger partial charge in [0.1, 0.15) is 5.82 Å². The summed E-state index contributed by atoms with van der Waals surface area (Å²) < 4.78 is 41.0. The number of hydrogen-bond donors (Lipinski definition) is 1. The van der Waals surface area contributed by atoms with E-state index in [0.29, 0.717) is 5.82 Å². The molecule has 6 heteroatoms. The lowest BCUT2D eigenvalue weighted by Crippen LogP contribution is -2.13. The SMILES string of the molecule is CC(C)c1nn(-c2ccccc2C(F)(F)F)c2c1CCN2. The van der Waals surface area contributed by atoms with Gasteiger partial charge in [-0.1, -0.05) is 26.0 Å². The topological polar surface area (TPSA) is 29.9 Å². The fourth-order valence-electron chi connectivity index (χ4n) is 2.74. The summed E-state index contributed by atoms with van der Waals surface area (Å²) in [6.45, 7) is 4.74. The van der Waals surface area contributed by atoms with Crippen molar-refractivity contribution in [3.63, 3.8) is 0 Å². The van der Waals surface area contributed by atoms with Crippen LogP contribution in [0.2, 0.25) is 0 Å². The number of nitrogens with one attached hydrogen (secondary N) is 1. The van der Waals surface area contributed by atoms with Crippen LogP contribution in [0, 0.1) is 0 Å². The highest BCUT2D eigenvalue weighted by atomic mass is 19.4. The predicted octanol–water partition coefficient (Wildman–Crippen LogP) is 3.98. The Bertz CT molecular complexity index is 671. The average molecular weight is 295 g/mol. The maximum absolute atomic E-state index is 13.2. The normalized spacial score (nSPS) is 14.4. The number of alkyl halides is 3. The van der Waals surface area contributed by atoms with E-state index in [0.717, 1.165) is 30.3 Å². The second-order valence-electron chi connectivity index (χ2n) is 5.47. The summed E-state index contributed by atoms with van der Waals surface area (Å²) in [6, 6.07) is 5.54. The number of rotatable bonds is 2. The number of benzene rings is 1. The third-order valence-corrected chi connectivity index (χ3v) is 3.67. The molecule has 0 saturated heterocycles. The van der Waals surface area contributed by atoms with Gasteiger partial charge in [0.05, 0.1) is 16.9 Å². The van der Waals surface area contributed by atoms with Crippen molar-refractivity contribution in [2.24, 2.45) is 0 Å². The molecular weight excluding hydrogens is 279 g/mol. The zero-order valence-electron chi connectivity index (χ0n) is 11.8. The summed E-state index contributed by atoms with van der Waals surface area (Å²) in [5, 5.41) is 7.58. The van der Waals surface area contributed by atoms with Crippen LogP contribution in [0.25, 0.3) is 5.69 Å². The predicted molar refractivity (Wildman–Crippen MR) is 74.8 cm³/mol. The average Bonchev–Trinajstić information content (AvgIpc) is 2.98. The van der Waals surface area contributed by atoms with E-state index >= 15 is 0 Å². The molecule has 1 N–H and O–H groups in total. The van der Waals surface area contributed by atoms with Crippen molar-refractivity contribution in [1.82, 2.24) is 9.78 Å². The fraction of sp³-hybridized carbons (Fsp3) is 0.400. The molecule has 2 aromatic rings. The second-order valence-corrected chi connectivity index (χ2v) is 5.47. The molecule has 1 aromatic heterocycles. The second kappa shape index (κ2) is 4.79. The van der Waals surface area contributed by atoms with Gasteiger partial charge in [-0.05, 0) is 24.5 Å². The molecule has 0 aliphatic carbocycles. The highest BCUT2D eigenvalue weighted by molar-refractivity contribution is 5.59. The summed E-state index contributed by atoms with van der Waals surface area (Å²) in [5.41, 5.74) is 1.30. The molecule has 0 fully saturated rings. The Balaban J connectivity index is 2.21. The minimum Gasteiger partial charge on any atom is -0.369 e. The van der Waals surface area contributed by atoms with Crippen LogP contribution in [-0.4, -0.2) is 16.3 Å². The standard InChI is InChI=1S/C15H16F3N3/c1-9(2)13-10-7-8-19-14(10)21(20-13)12-6-4-3-5-11(12)15(16,17)18/h3-6,9,19H,7-8H2,1-2H3. The molecular formula is C15H16F3N3. The summed E-state index contributed by atoms with van der Waals surface area (Å²) in [5.74, 6) is 0.869. The summed E-state index contributed by atoms with van der Waals surface area (Å²) in [4.78, 5) is 0. The molecule has 1 aromatic carbocycles. The van der Waals surface area contributed by atoms with Crippen molar-refractivity contribution < 1.29 is 13.2 Å². The number of hydrogen-bond acceptors (Lipinski definition) is 2. The van der Waals surface area contributed by atoms with E-state index in [1.807, 2.05) is 13.8 Å². The Morgan fingerprint density at radius 2 is 1.95 bits per heavy atom. The van der Waals surface area contributed by atoms with Gasteiger partial charge in [0.15, 0.2) is 0 Å². The van der Waals surface area contributed by atoms with E-state index < -0.39 is 11.7 Å². The number of anilines is 1. The molecule has 0 atom stereocenters. The van der Waals surface area contributed by atoms with Crippen LogP contribution in [0.5, 0.6) is 0 Å². The first-order valence-corrected chi connectivity index (χ1v) is 6.92. The molecule has 0 unspecified atom stereocenters. The van der Waals surface area contributed by atoms with Crippen LogP contribution >= 0.6 is 0 Å². The van der Waals surface area contributed by atoms with Gasteiger partial charge < -0.3 is 5.32 Å². The zero-order chi connectivity index (χ0) is 15.2. The van der Waals surface area contributed by atoms with Crippen molar-refractivity contribution in [3.05, 3.63) is 41.1 Å². The van der Waals surface area contributed by atoms with E-state index in [-0.39, 0.29) is 11.6 Å². The molecule has 1 aliphatic rings. The van der Waals surface area contributed by atoms with E-state index in [1.165, 1.54) is 16.8 Å². The number of halogens is 3. The van der Waals surface area contributed by atoms with Crippen LogP contribution in [-0.2, 0) is 12.6 Å². The van der Waals surface area contributed by atoms with Gasteiger partial charge in [-0.15, -0.1) is 0 Å². The Morgan fingerprint density at radius 1 is 1.24 bits per heavy atom. The van der Waals surface area contributed by atoms with Crippen molar-refractivity contribution in [2.45, 2.75) is 32.4 Å². The van der Waals surface area contributed by atoms with Crippen LogP contribution < -0.4 is 5.32 Å². The van der Waals surface area contributed by atoms with Gasteiger partial charge >= 0.3 is 6.18 Å². The van der Waals surface area contributed by atoms with Gasteiger partial charge in [-0.3, -0.25) is 0 Å². The lowest BCUT2D eigenvalue weighted by atomic mass is 10.1. The van der Waals surface area contributed by atoms with E-state index in [2.05, 4.69) is 10.4 Å². The number of aromatic nitrogens is 2. The third kappa shape index (κ3) is 2.28. The van der Waals surface area contributed by atoms with Gasteiger partial charge in [0.25, 0.3) is 0 Å². The molecule has 3 rings (SSSR count). The van der Waals surface area contributed by atoms with Gasteiger partial charge in [-0.2, -0.15) is 18.3 Å². The molecule has 3 nitrogen and oxygen atoms in total. The molecule has 0 bridgehead atoms. The number of para-hydroxylation sites is 1. The Morgan fingerprint density at radius 3 is 2.62 bits per heavy atom. The monoisotopic (exact) mass is 295 g/mol. The minimum atomic E-state index is -4.40. The van der Waals surface area contributed by atoms with Gasteiger partial charge in [0, 0.05) is 12.1 Å². The highest BCUT2D eigenvalue weighted by Crippen LogP contribution is 2.37. The smallest absolute Gasteiger partial charge is 0.369 e. The van der Waals surface area contributed by atoms with Gasteiger partial charge in [-0.25, -0.2) is 4.68 Å². The molecule has 21 heavy (non-hydrogen) atoms. The van der Waals surface area contributed by atoms with Crippen molar-refractivity contribution in [3.8, 4) is 5.69 Å². The molecule has 112 valence electrons. The summed E-state index contributed by atoms with van der Waals surface area (Å²) in [7, 11) is 0. The molecule has 1 aliphatic heterocycles. The lowest BCUT2D eigenvalue weighted by Gasteiger charge is -2.14. The van der Waals surface area contributed by atoms with Crippen LogP contribution in [0.15, 0.2) is 24.3 Å². The van der Waals surface area contributed by atoms with Crippen LogP contribution in [0.3, 0.4) is 0 Å². The number of fused-ring (bicyclic) bond motifs is 1. The Labute approximate surface area is 120 Å².